The second-order valence-electron chi connectivity index (χ2n) is 4.98. The molecule has 0 aromatic heterocycles. The minimum Gasteiger partial charge on any atom is -0.507 e. The molecule has 4 heteroatoms. The molecule has 4 nitrogen and oxygen atoms in total. The summed E-state index contributed by atoms with van der Waals surface area (Å²) in [6.07, 6.45) is 2.13. The average molecular weight is 264 g/mol. The molecule has 19 heavy (non-hydrogen) atoms. The topological polar surface area (TPSA) is 44.7 Å². The minimum absolute atomic E-state index is 0.239. The lowest BCUT2D eigenvalue weighted by Crippen LogP contribution is -2.45. The summed E-state index contributed by atoms with van der Waals surface area (Å²) in [6.45, 7) is 6.23. The Morgan fingerprint density at radius 2 is 2.11 bits per heavy atom. The molecule has 106 valence electrons. The lowest BCUT2D eigenvalue weighted by molar-refractivity contribution is 0.159. The van der Waals surface area contributed by atoms with Gasteiger partial charge >= 0.3 is 0 Å². The highest BCUT2D eigenvalue weighted by Crippen LogP contribution is 2.38. The van der Waals surface area contributed by atoms with Crippen LogP contribution in [-0.2, 0) is 0 Å². The standard InChI is InChI=1S/C15H24N2O2/c1-3-5-12(17-10-8-16-9-11-17)15-13(18)6-4-7-14(15)19-2/h4,6-7,12,16,18H,3,5,8-11H2,1-2H3/t12-/m1/s1. The molecule has 1 aromatic carbocycles. The maximum atomic E-state index is 10.2. The maximum absolute atomic E-state index is 10.2. The van der Waals surface area contributed by atoms with Crippen LogP contribution in [0.5, 0.6) is 11.5 Å². The number of piperazine rings is 1. The van der Waals surface area contributed by atoms with Gasteiger partial charge in [0.15, 0.2) is 0 Å². The monoisotopic (exact) mass is 264 g/mol. The van der Waals surface area contributed by atoms with Gasteiger partial charge in [-0.15, -0.1) is 0 Å². The van der Waals surface area contributed by atoms with Gasteiger partial charge in [-0.05, 0) is 18.6 Å². The number of nitrogens with one attached hydrogen (secondary N) is 1. The molecule has 1 aromatic rings. The van der Waals surface area contributed by atoms with Crippen molar-refractivity contribution in [3.8, 4) is 11.5 Å². The van der Waals surface area contributed by atoms with E-state index >= 15 is 0 Å². The second-order valence-corrected chi connectivity index (χ2v) is 4.98. The van der Waals surface area contributed by atoms with Crippen LogP contribution in [0.3, 0.4) is 0 Å². The highest BCUT2D eigenvalue weighted by Gasteiger charge is 2.26. The fourth-order valence-corrected chi connectivity index (χ4v) is 2.82. The van der Waals surface area contributed by atoms with Crippen molar-refractivity contribution in [2.45, 2.75) is 25.8 Å². The van der Waals surface area contributed by atoms with Crippen LogP contribution in [0.4, 0.5) is 0 Å². The van der Waals surface area contributed by atoms with Crippen molar-refractivity contribution in [3.63, 3.8) is 0 Å². The first kappa shape index (κ1) is 14.2. The molecule has 0 spiro atoms. The van der Waals surface area contributed by atoms with Crippen molar-refractivity contribution in [2.24, 2.45) is 0 Å². The van der Waals surface area contributed by atoms with Crippen molar-refractivity contribution >= 4 is 0 Å². The molecule has 0 amide bonds. The van der Waals surface area contributed by atoms with Crippen molar-refractivity contribution in [2.75, 3.05) is 33.3 Å². The number of benzene rings is 1. The highest BCUT2D eigenvalue weighted by molar-refractivity contribution is 5.46. The van der Waals surface area contributed by atoms with Crippen LogP contribution in [0.1, 0.15) is 31.4 Å². The normalized spacial score (nSPS) is 18.2. The van der Waals surface area contributed by atoms with Crippen LogP contribution in [0.15, 0.2) is 18.2 Å². The lowest BCUT2D eigenvalue weighted by atomic mass is 9.97. The van der Waals surface area contributed by atoms with Crippen LogP contribution in [-0.4, -0.2) is 43.3 Å². The molecular weight excluding hydrogens is 240 g/mol. The van der Waals surface area contributed by atoms with Gasteiger partial charge in [0.2, 0.25) is 0 Å². The highest BCUT2D eigenvalue weighted by atomic mass is 16.5. The molecule has 2 rings (SSSR count). The molecule has 0 saturated carbocycles. The Labute approximate surface area is 115 Å². The summed E-state index contributed by atoms with van der Waals surface area (Å²) >= 11 is 0. The Bertz CT molecular complexity index is 403. The molecule has 0 unspecified atom stereocenters. The molecule has 2 N–H and O–H groups in total. The summed E-state index contributed by atoms with van der Waals surface area (Å²) in [5.41, 5.74) is 0.939. The molecule has 0 radical (unpaired) electrons. The van der Waals surface area contributed by atoms with E-state index in [1.165, 1.54) is 0 Å². The zero-order valence-corrected chi connectivity index (χ0v) is 11.9. The van der Waals surface area contributed by atoms with Crippen LogP contribution < -0.4 is 10.1 Å². The SMILES string of the molecule is CCC[C@H](c1c(O)cccc1OC)N1CCNCC1. The first-order valence-electron chi connectivity index (χ1n) is 7.08. The molecule has 1 atom stereocenters. The third-order valence-electron chi connectivity index (χ3n) is 3.75. The van der Waals surface area contributed by atoms with Crippen molar-refractivity contribution in [1.29, 1.82) is 0 Å². The molecule has 1 saturated heterocycles. The van der Waals surface area contributed by atoms with Gasteiger partial charge < -0.3 is 15.2 Å². The van der Waals surface area contributed by atoms with E-state index in [4.69, 9.17) is 4.74 Å². The number of nitrogens with zero attached hydrogens (tertiary/aromatic N) is 1. The molecule has 1 aliphatic rings. The van der Waals surface area contributed by atoms with E-state index in [-0.39, 0.29) is 6.04 Å². The number of ether oxygens (including phenoxy) is 1. The molecule has 0 bridgehead atoms. The number of aromatic hydroxyl groups is 1. The van der Waals surface area contributed by atoms with Gasteiger partial charge in [-0.2, -0.15) is 0 Å². The van der Waals surface area contributed by atoms with E-state index in [1.54, 1.807) is 13.2 Å². The molecule has 0 aliphatic carbocycles. The van der Waals surface area contributed by atoms with Gasteiger partial charge in [0.05, 0.1) is 12.7 Å². The third kappa shape index (κ3) is 3.19. The Hall–Kier alpha value is -1.26. The van der Waals surface area contributed by atoms with Crippen molar-refractivity contribution < 1.29 is 9.84 Å². The number of phenolic OH excluding ortho intramolecular Hbond substituents is 1. The van der Waals surface area contributed by atoms with Gasteiger partial charge in [-0.25, -0.2) is 0 Å². The number of methoxy groups -OCH3 is 1. The zero-order chi connectivity index (χ0) is 13.7. The van der Waals surface area contributed by atoms with Crippen molar-refractivity contribution in [1.82, 2.24) is 10.2 Å². The predicted molar refractivity (Wildman–Crippen MR) is 76.8 cm³/mol. The first-order chi connectivity index (χ1) is 9.27. The van der Waals surface area contributed by atoms with E-state index < -0.39 is 0 Å². The van der Waals surface area contributed by atoms with Crippen LogP contribution >= 0.6 is 0 Å². The van der Waals surface area contributed by atoms with Crippen LogP contribution in [0.25, 0.3) is 0 Å². The number of hydrogen-bond donors (Lipinski definition) is 2. The summed E-state index contributed by atoms with van der Waals surface area (Å²) in [5.74, 6) is 1.13. The quantitative estimate of drug-likeness (QED) is 0.855. The number of hydrogen-bond acceptors (Lipinski definition) is 4. The summed E-state index contributed by atoms with van der Waals surface area (Å²) in [7, 11) is 1.67. The lowest BCUT2D eigenvalue weighted by Gasteiger charge is -2.36. The van der Waals surface area contributed by atoms with Crippen LogP contribution in [0, 0.1) is 0 Å². The summed E-state index contributed by atoms with van der Waals surface area (Å²) < 4.78 is 5.44. The van der Waals surface area contributed by atoms with Gasteiger partial charge in [0.1, 0.15) is 11.5 Å². The van der Waals surface area contributed by atoms with Gasteiger partial charge in [-0.3, -0.25) is 4.90 Å². The zero-order valence-electron chi connectivity index (χ0n) is 11.9. The van der Waals surface area contributed by atoms with E-state index in [9.17, 15) is 5.11 Å². The third-order valence-corrected chi connectivity index (χ3v) is 3.75. The fraction of sp³-hybridized carbons (Fsp3) is 0.600. The second kappa shape index (κ2) is 6.78. The molecule has 1 heterocycles. The summed E-state index contributed by atoms with van der Waals surface area (Å²) in [4.78, 5) is 2.44. The maximum Gasteiger partial charge on any atom is 0.127 e. The van der Waals surface area contributed by atoms with Gasteiger partial charge in [0.25, 0.3) is 0 Å². The minimum atomic E-state index is 0.239. The van der Waals surface area contributed by atoms with E-state index in [1.807, 2.05) is 12.1 Å². The Kier molecular flexibility index (Phi) is 5.05. The Morgan fingerprint density at radius 1 is 1.37 bits per heavy atom. The smallest absolute Gasteiger partial charge is 0.127 e. The van der Waals surface area contributed by atoms with Gasteiger partial charge in [-0.1, -0.05) is 19.4 Å². The average Bonchev–Trinajstić information content (AvgIpc) is 2.46. The van der Waals surface area contributed by atoms with E-state index in [0.29, 0.717) is 5.75 Å². The molecular formula is C15H24N2O2. The Balaban J connectivity index is 2.32. The molecule has 1 aliphatic heterocycles. The van der Waals surface area contributed by atoms with Crippen molar-refractivity contribution in [3.05, 3.63) is 23.8 Å². The summed E-state index contributed by atoms with van der Waals surface area (Å²) in [6, 6.07) is 5.75. The Morgan fingerprint density at radius 3 is 2.74 bits per heavy atom. The number of phenols is 1. The van der Waals surface area contributed by atoms with Gasteiger partial charge in [0, 0.05) is 32.2 Å². The number of rotatable bonds is 5. The molecule has 1 fully saturated rings. The van der Waals surface area contributed by atoms with Crippen LogP contribution in [0.2, 0.25) is 0 Å². The largest absolute Gasteiger partial charge is 0.507 e. The first-order valence-corrected chi connectivity index (χ1v) is 7.08. The van der Waals surface area contributed by atoms with E-state index in [0.717, 1.165) is 50.3 Å². The summed E-state index contributed by atoms with van der Waals surface area (Å²) in [5, 5.41) is 13.6. The fourth-order valence-electron chi connectivity index (χ4n) is 2.82. The van der Waals surface area contributed by atoms with E-state index in [2.05, 4.69) is 17.1 Å². The predicted octanol–water partition coefficient (Wildman–Crippen LogP) is 2.15.